The molecule has 0 N–H and O–H groups in total. The minimum atomic E-state index is -2.04. The summed E-state index contributed by atoms with van der Waals surface area (Å²) in [4.78, 5) is 1.82. The minimum Gasteiger partial charge on any atom is -0.408 e. The maximum absolute atomic E-state index is 7.19. The molecule has 0 radical (unpaired) electrons. The molecule has 0 saturated heterocycles. The van der Waals surface area contributed by atoms with E-state index in [-0.39, 0.29) is 45.3 Å². The molecule has 0 atom stereocenters. The second-order valence-electron chi connectivity index (χ2n) is 24.4. The molecule has 6 aromatic carbocycles. The van der Waals surface area contributed by atoms with Gasteiger partial charge in [-0.1, -0.05) is 221 Å². The zero-order valence-corrected chi connectivity index (χ0v) is 49.8. The van der Waals surface area contributed by atoms with Crippen LogP contribution in [0.25, 0.3) is 0 Å². The first kappa shape index (κ1) is 57.6. The molecule has 6 rings (SSSR count). The van der Waals surface area contributed by atoms with Gasteiger partial charge in [-0.3, -0.25) is 0 Å². The van der Waals surface area contributed by atoms with Crippen molar-refractivity contribution in [1.29, 1.82) is 0 Å². The van der Waals surface area contributed by atoms with E-state index < -0.39 is 17.2 Å². The van der Waals surface area contributed by atoms with Gasteiger partial charge in [0.1, 0.15) is 34.5 Å². The van der Waals surface area contributed by atoms with Crippen LogP contribution in [0.5, 0.6) is 34.5 Å². The molecule has 0 spiro atoms. The molecular weight excluding hydrogens is 959 g/mol. The molecule has 73 heavy (non-hydrogen) atoms. The molecule has 0 fully saturated rings. The van der Waals surface area contributed by atoms with E-state index >= 15 is 0 Å². The molecule has 0 aliphatic rings. The van der Waals surface area contributed by atoms with Gasteiger partial charge in [-0.05, 0) is 140 Å². The summed E-state index contributed by atoms with van der Waals surface area (Å²) in [7, 11) is -4.08. The maximum atomic E-state index is 7.19. The number of hydrogen-bond acceptors (Lipinski definition) is 7. The van der Waals surface area contributed by atoms with Crippen LogP contribution in [0.2, 0.25) is 0 Å². The summed E-state index contributed by atoms with van der Waals surface area (Å²) in [5.41, 5.74) is 6.56. The van der Waals surface area contributed by atoms with Crippen LogP contribution in [0.3, 0.4) is 0 Å². The van der Waals surface area contributed by atoms with Crippen molar-refractivity contribution < 1.29 is 27.1 Å². The van der Waals surface area contributed by atoms with Crippen molar-refractivity contribution >= 4 is 29.0 Å². The van der Waals surface area contributed by atoms with Gasteiger partial charge in [-0.15, -0.1) is 0 Å². The average molecular weight is 1040 g/mol. The molecule has 6 aromatic rings. The fourth-order valence-electron chi connectivity index (χ4n) is 9.90. The predicted molar refractivity (Wildman–Crippen MR) is 311 cm³/mol. The van der Waals surface area contributed by atoms with E-state index in [2.05, 4.69) is 210 Å². The van der Waals surface area contributed by atoms with E-state index in [0.29, 0.717) is 11.5 Å². The van der Waals surface area contributed by atoms with Crippen LogP contribution in [0, 0.1) is 10.8 Å². The summed E-state index contributed by atoms with van der Waals surface area (Å²) < 4.78 is 42.1. The molecule has 0 unspecified atom stereocenters. The monoisotopic (exact) mass is 1040 g/mol. The Morgan fingerprint density at radius 1 is 0.342 bits per heavy atom. The Morgan fingerprint density at radius 2 is 0.589 bits per heavy atom. The fraction of sp³-hybridized carbons (Fsp3) is 0.438. The quantitative estimate of drug-likeness (QED) is 0.0628. The topological polar surface area (TPSA) is 55.4 Å². The van der Waals surface area contributed by atoms with E-state index in [4.69, 9.17) is 27.1 Å². The molecule has 0 aliphatic carbocycles. The van der Waals surface area contributed by atoms with Gasteiger partial charge in [0.15, 0.2) is 0 Å². The van der Waals surface area contributed by atoms with Gasteiger partial charge in [-0.25, -0.2) is 0 Å². The normalized spacial score (nSPS) is 12.6. The SMILES string of the molecule is CC(C)c1ccccc1OP(Oc1ccc(C(C)(C)CC(C)(C)C)cc1Sc1cc(C(C)(C)CC(C)(C)C)ccc1OP(Oc1ccccc1C(C)C)Oc1ccccc1C(C)C)Oc1ccccc1C(C)C. The third kappa shape index (κ3) is 16.2. The van der Waals surface area contributed by atoms with Crippen LogP contribution < -0.4 is 27.1 Å². The molecule has 0 aromatic heterocycles. The zero-order valence-electron chi connectivity index (χ0n) is 47.2. The summed E-state index contributed by atoms with van der Waals surface area (Å²) in [6, 6.07) is 46.0. The molecule has 0 heterocycles. The smallest absolute Gasteiger partial charge is 0.408 e. The Hall–Kier alpha value is -4.67. The predicted octanol–water partition coefficient (Wildman–Crippen LogP) is 21.3. The highest BCUT2D eigenvalue weighted by Gasteiger charge is 2.33. The van der Waals surface area contributed by atoms with Gasteiger partial charge in [-0.2, -0.15) is 0 Å². The molecular formula is C64H84O6P2S. The third-order valence-electron chi connectivity index (χ3n) is 12.8. The number of para-hydroxylation sites is 4. The molecule has 0 bridgehead atoms. The second kappa shape index (κ2) is 24.3. The minimum absolute atomic E-state index is 0.0864. The Morgan fingerprint density at radius 3 is 0.836 bits per heavy atom. The van der Waals surface area contributed by atoms with Crippen molar-refractivity contribution in [2.24, 2.45) is 10.8 Å². The lowest BCUT2D eigenvalue weighted by Gasteiger charge is -2.34. The largest absolute Gasteiger partial charge is 0.530 e. The van der Waals surface area contributed by atoms with Crippen LogP contribution in [0.4, 0.5) is 0 Å². The van der Waals surface area contributed by atoms with Crippen molar-refractivity contribution in [2.45, 2.75) is 182 Å². The van der Waals surface area contributed by atoms with Crippen molar-refractivity contribution in [1.82, 2.24) is 0 Å². The van der Waals surface area contributed by atoms with Gasteiger partial charge in [0, 0.05) is 0 Å². The summed E-state index contributed by atoms with van der Waals surface area (Å²) in [6.07, 6.45) is 1.95. The molecule has 392 valence electrons. The van der Waals surface area contributed by atoms with Crippen molar-refractivity contribution in [2.75, 3.05) is 0 Å². The van der Waals surface area contributed by atoms with Crippen LogP contribution in [-0.2, 0) is 10.8 Å². The molecule has 9 heteroatoms. The van der Waals surface area contributed by atoms with Gasteiger partial charge < -0.3 is 27.1 Å². The van der Waals surface area contributed by atoms with Gasteiger partial charge in [0.05, 0.1) is 9.79 Å². The Labute approximate surface area is 447 Å². The first-order valence-electron chi connectivity index (χ1n) is 26.2. The Balaban J connectivity index is 1.55. The average Bonchev–Trinajstić information content (AvgIpc) is 3.29. The number of benzene rings is 6. The Kier molecular flexibility index (Phi) is 19.2. The van der Waals surface area contributed by atoms with Gasteiger partial charge in [0.2, 0.25) is 0 Å². The lowest BCUT2D eigenvalue weighted by molar-refractivity contribution is 0.283. The van der Waals surface area contributed by atoms with E-state index in [1.54, 1.807) is 11.8 Å². The molecule has 0 amide bonds. The zero-order chi connectivity index (χ0) is 53.5. The van der Waals surface area contributed by atoms with Crippen LogP contribution in [0.15, 0.2) is 143 Å². The number of hydrogen-bond donors (Lipinski definition) is 0. The summed E-state index contributed by atoms with van der Waals surface area (Å²) in [5.74, 6) is 5.10. The molecule has 0 aliphatic heterocycles. The van der Waals surface area contributed by atoms with E-state index in [1.807, 2.05) is 48.5 Å². The van der Waals surface area contributed by atoms with E-state index in [1.165, 1.54) is 11.1 Å². The molecule has 6 nitrogen and oxygen atoms in total. The lowest BCUT2D eigenvalue weighted by Crippen LogP contribution is -2.25. The first-order valence-corrected chi connectivity index (χ1v) is 29.2. The van der Waals surface area contributed by atoms with Crippen molar-refractivity contribution in [3.8, 4) is 34.5 Å². The van der Waals surface area contributed by atoms with Gasteiger partial charge in [0.25, 0.3) is 0 Å². The standard InChI is InChI=1S/C64H84O6P2S/c1-43(2)49-27-19-23-31-53(49)65-71(66-54-32-24-20-28-50(54)44(3)4)69-57-37-35-47(63(15,16)41-61(9,10)11)39-59(57)73-60-40-48(64(17,18)42-62(12,13)14)36-38-58(60)70-72(67-55-33-25-21-29-51(55)45(5)6)68-56-34-26-22-30-52(56)46(7)8/h19-40,43-46H,41-42H2,1-18H3. The van der Waals surface area contributed by atoms with Crippen molar-refractivity contribution in [3.63, 3.8) is 0 Å². The summed E-state index contributed by atoms with van der Waals surface area (Å²) in [5, 5.41) is 0. The third-order valence-corrected chi connectivity index (χ3v) is 16.0. The lowest BCUT2D eigenvalue weighted by atomic mass is 9.72. The Bertz CT molecular complexity index is 2450. The highest BCUT2D eigenvalue weighted by atomic mass is 32.2. The summed E-state index contributed by atoms with van der Waals surface area (Å²) in [6.45, 7) is 40.6. The summed E-state index contributed by atoms with van der Waals surface area (Å²) >= 11 is 1.63. The first-order chi connectivity index (χ1) is 34.2. The van der Waals surface area contributed by atoms with E-state index in [9.17, 15) is 0 Å². The van der Waals surface area contributed by atoms with Crippen LogP contribution in [0.1, 0.15) is 195 Å². The van der Waals surface area contributed by atoms with Gasteiger partial charge >= 0.3 is 17.2 Å². The van der Waals surface area contributed by atoms with Crippen LogP contribution in [-0.4, -0.2) is 0 Å². The van der Waals surface area contributed by atoms with Crippen molar-refractivity contribution in [3.05, 3.63) is 167 Å². The maximum Gasteiger partial charge on any atom is 0.530 e. The van der Waals surface area contributed by atoms with Crippen LogP contribution >= 0.6 is 29.0 Å². The second-order valence-corrected chi connectivity index (χ2v) is 27.5. The van der Waals surface area contributed by atoms with E-state index in [0.717, 1.165) is 67.9 Å². The highest BCUT2D eigenvalue weighted by Crippen LogP contribution is 2.54. The number of rotatable bonds is 22. The fourth-order valence-corrected chi connectivity index (χ4v) is 13.2. The highest BCUT2D eigenvalue weighted by molar-refractivity contribution is 7.99. The molecule has 0 saturated carbocycles.